The summed E-state index contributed by atoms with van der Waals surface area (Å²) in [5.74, 6) is 0.900. The average Bonchev–Trinajstić information content (AvgIpc) is 3.49. The summed E-state index contributed by atoms with van der Waals surface area (Å²) in [5, 5.41) is 12.5. The Kier molecular flexibility index (Phi) is 13.0. The molecule has 10 nitrogen and oxygen atoms in total. The largest absolute Gasteiger partial charge is 0.493 e. The van der Waals surface area contributed by atoms with Gasteiger partial charge in [0.05, 0.1) is 38.5 Å². The molecule has 2 aliphatic heterocycles. The minimum atomic E-state index is -0.510. The molecule has 13 heteroatoms. The van der Waals surface area contributed by atoms with Crippen LogP contribution in [0.2, 0.25) is 10.0 Å². The van der Waals surface area contributed by atoms with E-state index in [4.69, 9.17) is 37.8 Å². The molecule has 0 bridgehead atoms. The van der Waals surface area contributed by atoms with Crippen molar-refractivity contribution in [3.63, 3.8) is 0 Å². The van der Waals surface area contributed by atoms with Crippen molar-refractivity contribution < 1.29 is 24.3 Å². The fourth-order valence-corrected chi connectivity index (χ4v) is 6.24. The second kappa shape index (κ2) is 16.6. The number of aliphatic hydroxyl groups excluding tert-OH is 1. The zero-order chi connectivity index (χ0) is 34.6. The van der Waals surface area contributed by atoms with Crippen LogP contribution < -0.4 is 4.74 Å². The van der Waals surface area contributed by atoms with Crippen LogP contribution in [0.25, 0.3) is 0 Å². The molecule has 2 aliphatic rings. The van der Waals surface area contributed by atoms with Crippen molar-refractivity contribution in [2.45, 2.75) is 38.3 Å². The third kappa shape index (κ3) is 8.51. The van der Waals surface area contributed by atoms with Crippen LogP contribution in [0.15, 0.2) is 71.7 Å². The number of carbonyl (C=O) groups excluding carboxylic acids is 2. The van der Waals surface area contributed by atoms with Crippen molar-refractivity contribution in [2.75, 3.05) is 60.1 Å². The van der Waals surface area contributed by atoms with E-state index in [2.05, 4.69) is 0 Å². The highest BCUT2D eigenvalue weighted by molar-refractivity contribution is 6.30. The second-order valence-corrected chi connectivity index (χ2v) is 13.5. The molecule has 0 radical (unpaired) electrons. The molecule has 3 aromatic rings. The molecular weight excluding hydrogens is 689 g/mol. The lowest BCUT2D eigenvalue weighted by molar-refractivity contribution is -0.170. The van der Waals surface area contributed by atoms with Gasteiger partial charge in [-0.25, -0.2) is 9.86 Å². The maximum absolute atomic E-state index is 14.8. The Labute approximate surface area is 304 Å². The summed E-state index contributed by atoms with van der Waals surface area (Å²) < 4.78 is 6.19. The quantitative estimate of drug-likeness (QED) is 0.243. The number of amidine groups is 1. The Morgan fingerprint density at radius 2 is 1.55 bits per heavy atom. The van der Waals surface area contributed by atoms with E-state index in [1.165, 1.54) is 12.2 Å². The molecular formula is C36H44Cl3N5O5. The van der Waals surface area contributed by atoms with Crippen molar-refractivity contribution in [3.05, 3.63) is 99.0 Å². The molecule has 2 heterocycles. The lowest BCUT2D eigenvalue weighted by Gasteiger charge is -2.39. The number of hydrogen-bond acceptors (Lipinski definition) is 7. The maximum atomic E-state index is 14.8. The van der Waals surface area contributed by atoms with E-state index in [1.54, 1.807) is 11.9 Å². The highest BCUT2D eigenvalue weighted by atomic mass is 35.5. The van der Waals surface area contributed by atoms with Crippen molar-refractivity contribution in [2.24, 2.45) is 4.99 Å². The molecule has 49 heavy (non-hydrogen) atoms. The molecule has 3 amide bonds. The van der Waals surface area contributed by atoms with Crippen LogP contribution in [-0.4, -0.2) is 103 Å². The molecule has 1 saturated heterocycles. The predicted octanol–water partition coefficient (Wildman–Crippen LogP) is 6.39. The van der Waals surface area contributed by atoms with Gasteiger partial charge in [0.1, 0.15) is 17.6 Å². The standard InChI is InChI=1S/C36H43Cl2N5O5.ClH/c1-6-48-30-21-26(36(2,3)23-44)11-16-29(30)34-39-32(24-7-12-27(37)13-8-24)33(25-9-14-28(38)15-10-25)43(34)35(46)42-19-17-41(18-20-42)22-31(45)40(4)47-5;/h7-16,21,32-33,44H,6,17-20,22-23H2,1-5H3;1H/t32-,33+;/m0./s1. The number of aliphatic imine (C=N–C) groups is 1. The van der Waals surface area contributed by atoms with E-state index in [-0.39, 0.29) is 37.5 Å². The Hall–Kier alpha value is -3.38. The number of rotatable bonds is 10. The Morgan fingerprint density at radius 1 is 0.959 bits per heavy atom. The number of urea groups is 1. The number of piperazine rings is 1. The van der Waals surface area contributed by atoms with Gasteiger partial charge in [-0.1, -0.05) is 67.4 Å². The lowest BCUT2D eigenvalue weighted by atomic mass is 9.85. The Bertz CT molecular complexity index is 1630. The summed E-state index contributed by atoms with van der Waals surface area (Å²) in [6.07, 6.45) is 0. The normalized spacial score (nSPS) is 18.2. The first-order valence-electron chi connectivity index (χ1n) is 16.1. The van der Waals surface area contributed by atoms with E-state index in [0.29, 0.717) is 60.0 Å². The van der Waals surface area contributed by atoms with Gasteiger partial charge in [0, 0.05) is 48.7 Å². The molecule has 0 spiro atoms. The number of amides is 3. The van der Waals surface area contributed by atoms with Gasteiger partial charge in [-0.3, -0.25) is 24.4 Å². The minimum absolute atomic E-state index is 0. The van der Waals surface area contributed by atoms with Crippen molar-refractivity contribution >= 4 is 53.4 Å². The highest BCUT2D eigenvalue weighted by Crippen LogP contribution is 2.46. The second-order valence-electron chi connectivity index (χ2n) is 12.6. The SMILES string of the molecule is CCOc1cc(C(C)(C)CO)ccc1C1=N[C@@H](c2ccc(Cl)cc2)[C@@H](c2ccc(Cl)cc2)N1C(=O)N1CCN(CC(=O)N(C)OC)CC1.Cl. The molecule has 1 N–H and O–H groups in total. The van der Waals surface area contributed by atoms with Crippen LogP contribution in [0.4, 0.5) is 4.79 Å². The molecule has 5 rings (SSSR count). The monoisotopic (exact) mass is 731 g/mol. The molecule has 1 fully saturated rings. The summed E-state index contributed by atoms with van der Waals surface area (Å²) in [6.45, 7) is 8.30. The molecule has 264 valence electrons. The zero-order valence-corrected chi connectivity index (χ0v) is 30.8. The number of hydrogen-bond donors (Lipinski definition) is 1. The van der Waals surface area contributed by atoms with Gasteiger partial charge in [0.2, 0.25) is 0 Å². The summed E-state index contributed by atoms with van der Waals surface area (Å²) in [5.41, 5.74) is 2.84. The summed E-state index contributed by atoms with van der Waals surface area (Å²) >= 11 is 12.6. The Balaban J connectivity index is 0.00000541. The van der Waals surface area contributed by atoms with Gasteiger partial charge in [-0.15, -0.1) is 12.4 Å². The van der Waals surface area contributed by atoms with E-state index in [9.17, 15) is 14.7 Å². The van der Waals surface area contributed by atoms with Gasteiger partial charge >= 0.3 is 6.03 Å². The molecule has 3 aromatic carbocycles. The number of hydroxylamine groups is 2. The predicted molar refractivity (Wildman–Crippen MR) is 195 cm³/mol. The number of likely N-dealkylation sites (N-methyl/N-ethyl adjacent to an activating group) is 1. The van der Waals surface area contributed by atoms with Gasteiger partial charge in [0.25, 0.3) is 5.91 Å². The number of carbonyl (C=O) groups is 2. The van der Waals surface area contributed by atoms with Crippen LogP contribution in [0, 0.1) is 0 Å². The van der Waals surface area contributed by atoms with Crippen molar-refractivity contribution in [3.8, 4) is 5.75 Å². The topological polar surface area (TPSA) is 98.2 Å². The number of halogens is 3. The minimum Gasteiger partial charge on any atom is -0.493 e. The summed E-state index contributed by atoms with van der Waals surface area (Å²) in [7, 11) is 3.04. The smallest absolute Gasteiger partial charge is 0.326 e. The molecule has 0 saturated carbocycles. The van der Waals surface area contributed by atoms with E-state index in [1.807, 2.05) is 97.3 Å². The van der Waals surface area contributed by atoms with Gasteiger partial charge in [-0.05, 0) is 60.0 Å². The zero-order valence-electron chi connectivity index (χ0n) is 28.4. The number of benzene rings is 3. The molecule has 0 aliphatic carbocycles. The number of nitrogens with zero attached hydrogens (tertiary/aromatic N) is 5. The molecule has 0 unspecified atom stereocenters. The average molecular weight is 733 g/mol. The van der Waals surface area contributed by atoms with Gasteiger partial charge in [-0.2, -0.15) is 0 Å². The first-order valence-corrected chi connectivity index (χ1v) is 16.8. The van der Waals surface area contributed by atoms with E-state index >= 15 is 0 Å². The molecule has 0 aromatic heterocycles. The van der Waals surface area contributed by atoms with Crippen LogP contribution in [0.1, 0.15) is 55.1 Å². The first kappa shape index (κ1) is 38.4. The summed E-state index contributed by atoms with van der Waals surface area (Å²) in [6, 6.07) is 19.7. The van der Waals surface area contributed by atoms with E-state index < -0.39 is 17.5 Å². The number of aliphatic hydroxyl groups is 1. The van der Waals surface area contributed by atoms with Crippen LogP contribution in [0.5, 0.6) is 5.75 Å². The molecule has 2 atom stereocenters. The Morgan fingerprint density at radius 3 is 2.10 bits per heavy atom. The third-order valence-electron chi connectivity index (χ3n) is 9.02. The van der Waals surface area contributed by atoms with Gasteiger partial charge in [0.15, 0.2) is 0 Å². The van der Waals surface area contributed by atoms with Crippen LogP contribution in [-0.2, 0) is 15.0 Å². The lowest BCUT2D eigenvalue weighted by Crippen LogP contribution is -2.55. The fraction of sp³-hybridized carbons (Fsp3) is 0.417. The highest BCUT2D eigenvalue weighted by Gasteiger charge is 2.45. The van der Waals surface area contributed by atoms with Crippen LogP contribution >= 0.6 is 35.6 Å². The van der Waals surface area contributed by atoms with E-state index in [0.717, 1.165) is 16.7 Å². The fourth-order valence-electron chi connectivity index (χ4n) is 5.99. The van der Waals surface area contributed by atoms with Crippen LogP contribution in [0.3, 0.4) is 0 Å². The van der Waals surface area contributed by atoms with Crippen molar-refractivity contribution in [1.29, 1.82) is 0 Å². The van der Waals surface area contributed by atoms with Gasteiger partial charge < -0.3 is 14.7 Å². The third-order valence-corrected chi connectivity index (χ3v) is 9.53. The summed E-state index contributed by atoms with van der Waals surface area (Å²) in [4.78, 5) is 43.2. The first-order chi connectivity index (χ1) is 23.0. The maximum Gasteiger partial charge on any atom is 0.326 e. The van der Waals surface area contributed by atoms with Crippen molar-refractivity contribution in [1.82, 2.24) is 19.8 Å². The number of ether oxygens (including phenoxy) is 1.